The first-order chi connectivity index (χ1) is 15.2. The van der Waals surface area contributed by atoms with Crippen LogP contribution in [0, 0.1) is 0 Å². The molecule has 4 aromatic rings. The Morgan fingerprint density at radius 1 is 1.03 bits per heavy atom. The van der Waals surface area contributed by atoms with E-state index in [2.05, 4.69) is 4.98 Å². The number of hydrogen-bond donors (Lipinski definition) is 1. The van der Waals surface area contributed by atoms with Gasteiger partial charge in [-0.1, -0.05) is 29.8 Å². The zero-order chi connectivity index (χ0) is 22.9. The summed E-state index contributed by atoms with van der Waals surface area (Å²) >= 11 is 6.06. The van der Waals surface area contributed by atoms with Gasteiger partial charge in [0.2, 0.25) is 5.88 Å². The Labute approximate surface area is 189 Å². The number of benzene rings is 2. The van der Waals surface area contributed by atoms with Gasteiger partial charge in [0.1, 0.15) is 0 Å². The highest BCUT2D eigenvalue weighted by Crippen LogP contribution is 2.37. The number of rotatable bonds is 5. The Hall–Kier alpha value is -3.17. The van der Waals surface area contributed by atoms with E-state index in [9.17, 15) is 23.1 Å². The Kier molecular flexibility index (Phi) is 6.03. The largest absolute Gasteiger partial charge is 0.493 e. The van der Waals surface area contributed by atoms with Gasteiger partial charge in [0, 0.05) is 33.4 Å². The molecule has 1 N–H and O–H groups in total. The second-order valence-corrected chi connectivity index (χ2v) is 8.33. The lowest BCUT2D eigenvalue weighted by Gasteiger charge is -2.11. The van der Waals surface area contributed by atoms with Crippen LogP contribution in [0.5, 0.6) is 5.88 Å². The summed E-state index contributed by atoms with van der Waals surface area (Å²) in [7, 11) is 0. The van der Waals surface area contributed by atoms with E-state index in [1.165, 1.54) is 35.0 Å². The molecule has 5 nitrogen and oxygen atoms in total. The number of hydrogen-bond acceptors (Lipinski definition) is 4. The van der Waals surface area contributed by atoms with E-state index < -0.39 is 11.2 Å². The maximum absolute atomic E-state index is 13.0. The van der Waals surface area contributed by atoms with Crippen molar-refractivity contribution in [3.8, 4) is 22.7 Å². The summed E-state index contributed by atoms with van der Waals surface area (Å²) in [4.78, 5) is 17.1. The number of nitrogens with zero attached hydrogens (tertiary/aromatic N) is 3. The van der Waals surface area contributed by atoms with Crippen LogP contribution in [0.2, 0.25) is 5.02 Å². The van der Waals surface area contributed by atoms with Crippen molar-refractivity contribution in [3.63, 3.8) is 0 Å². The second-order valence-electron chi connectivity index (χ2n) is 6.79. The first-order valence-electron chi connectivity index (χ1n) is 9.28. The Balaban J connectivity index is 1.67. The second kappa shape index (κ2) is 8.76. The summed E-state index contributed by atoms with van der Waals surface area (Å²) in [5.74, 6) is -0.334. The minimum absolute atomic E-state index is 0.0191. The lowest BCUT2D eigenvalue weighted by atomic mass is 10.0. The van der Waals surface area contributed by atoms with Crippen molar-refractivity contribution in [2.45, 2.75) is 16.9 Å². The summed E-state index contributed by atoms with van der Waals surface area (Å²) in [6, 6.07) is 14.2. The van der Waals surface area contributed by atoms with E-state index in [1.807, 2.05) is 18.2 Å². The third-order valence-corrected chi connectivity index (χ3v) is 5.75. The van der Waals surface area contributed by atoms with Crippen molar-refractivity contribution in [2.24, 2.45) is 0 Å². The smallest absolute Gasteiger partial charge is 0.446 e. The fourth-order valence-corrected chi connectivity index (χ4v) is 4.08. The van der Waals surface area contributed by atoms with Gasteiger partial charge < -0.3 is 5.11 Å². The molecule has 0 unspecified atom stereocenters. The van der Waals surface area contributed by atoms with Crippen LogP contribution in [0.15, 0.2) is 82.9 Å². The monoisotopic (exact) mass is 477 g/mol. The molecule has 0 aliphatic rings. The lowest BCUT2D eigenvalue weighted by Crippen LogP contribution is -2.23. The molecule has 2 heterocycles. The fraction of sp³-hybridized carbons (Fsp3) is 0.0909. The van der Waals surface area contributed by atoms with E-state index in [0.717, 1.165) is 21.3 Å². The number of aromatic hydroxyl groups is 1. The maximum atomic E-state index is 13.0. The number of thioether (sulfide) groups is 1. The summed E-state index contributed by atoms with van der Waals surface area (Å²) in [6.07, 6.45) is 4.52. The van der Waals surface area contributed by atoms with Crippen molar-refractivity contribution < 1.29 is 18.3 Å². The van der Waals surface area contributed by atoms with Crippen LogP contribution in [0.25, 0.3) is 16.8 Å². The van der Waals surface area contributed by atoms with Crippen molar-refractivity contribution in [3.05, 3.63) is 94.3 Å². The van der Waals surface area contributed by atoms with Crippen LogP contribution in [0.3, 0.4) is 0 Å². The molecule has 164 valence electrons. The van der Waals surface area contributed by atoms with Gasteiger partial charge in [-0.25, -0.2) is 9.36 Å². The van der Waals surface area contributed by atoms with E-state index in [4.69, 9.17) is 11.6 Å². The van der Waals surface area contributed by atoms with Gasteiger partial charge in [0.25, 0.3) is 0 Å². The minimum atomic E-state index is -4.41. The zero-order valence-corrected chi connectivity index (χ0v) is 17.8. The number of imidazole rings is 1. The van der Waals surface area contributed by atoms with Crippen molar-refractivity contribution in [2.75, 3.05) is 0 Å². The van der Waals surface area contributed by atoms with E-state index in [-0.39, 0.29) is 34.8 Å². The lowest BCUT2D eigenvalue weighted by molar-refractivity contribution is -0.0328. The summed E-state index contributed by atoms with van der Waals surface area (Å²) in [5.41, 5.74) is -2.45. The van der Waals surface area contributed by atoms with E-state index in [1.54, 1.807) is 24.5 Å². The summed E-state index contributed by atoms with van der Waals surface area (Å²) in [5, 5.41) is 10.9. The number of alkyl halides is 3. The molecule has 0 radical (unpaired) electrons. The molecule has 0 amide bonds. The van der Waals surface area contributed by atoms with Gasteiger partial charge in [-0.2, -0.15) is 13.2 Å². The Bertz CT molecular complexity index is 1320. The first kappa shape index (κ1) is 22.0. The molecule has 2 aromatic carbocycles. The molecule has 0 atom stereocenters. The third-order valence-electron chi connectivity index (χ3n) is 4.68. The van der Waals surface area contributed by atoms with Crippen molar-refractivity contribution >= 4 is 23.4 Å². The molecule has 0 saturated heterocycles. The van der Waals surface area contributed by atoms with Gasteiger partial charge in [-0.3, -0.25) is 9.55 Å². The molecule has 0 fully saturated rings. The minimum Gasteiger partial charge on any atom is -0.493 e. The average Bonchev–Trinajstić information content (AvgIpc) is 3.01. The predicted octanol–water partition coefficient (Wildman–Crippen LogP) is 5.72. The molecular formula is C22H15ClF3N3O2S. The highest BCUT2D eigenvalue weighted by Gasteiger charge is 2.29. The van der Waals surface area contributed by atoms with Gasteiger partial charge in [0.15, 0.2) is 0 Å². The molecule has 0 aliphatic heterocycles. The third kappa shape index (κ3) is 4.68. The van der Waals surface area contributed by atoms with Crippen LogP contribution >= 0.6 is 23.4 Å². The SMILES string of the molecule is O=c1n(Cc2ccncc2-c2ccccc2Cl)cc(O)n1-c1ccc(SC(F)(F)F)cc1. The number of aromatic nitrogens is 3. The quantitative estimate of drug-likeness (QED) is 0.373. The van der Waals surface area contributed by atoms with Gasteiger partial charge in [-0.05, 0) is 53.7 Å². The molecular weight excluding hydrogens is 463 g/mol. The standard InChI is InChI=1S/C22H15ClF3N3O2S/c23-19-4-2-1-3-17(19)18-11-27-10-9-14(18)12-28-13-20(30)29(21(28)31)15-5-7-16(8-6-15)32-22(24,25)26/h1-11,13,30H,12H2. The van der Waals surface area contributed by atoms with Crippen LogP contribution < -0.4 is 5.69 Å². The van der Waals surface area contributed by atoms with Crippen molar-refractivity contribution in [1.82, 2.24) is 14.1 Å². The molecule has 2 aromatic heterocycles. The average molecular weight is 478 g/mol. The Morgan fingerprint density at radius 2 is 1.75 bits per heavy atom. The van der Waals surface area contributed by atoms with Crippen molar-refractivity contribution in [1.29, 1.82) is 0 Å². The zero-order valence-electron chi connectivity index (χ0n) is 16.3. The van der Waals surface area contributed by atoms with Gasteiger partial charge >= 0.3 is 11.2 Å². The van der Waals surface area contributed by atoms with Crippen LogP contribution in [0.4, 0.5) is 13.2 Å². The molecule has 32 heavy (non-hydrogen) atoms. The molecule has 0 bridgehead atoms. The molecule has 0 saturated carbocycles. The molecule has 10 heteroatoms. The number of halogens is 4. The Morgan fingerprint density at radius 3 is 2.44 bits per heavy atom. The van der Waals surface area contributed by atoms with Gasteiger partial charge in [0.05, 0.1) is 18.4 Å². The fourth-order valence-electron chi connectivity index (χ4n) is 3.30. The van der Waals surface area contributed by atoms with Gasteiger partial charge in [-0.15, -0.1) is 0 Å². The van der Waals surface area contributed by atoms with Crippen LogP contribution in [-0.2, 0) is 6.54 Å². The molecule has 0 spiro atoms. The summed E-state index contributed by atoms with van der Waals surface area (Å²) < 4.78 is 39.9. The van der Waals surface area contributed by atoms with E-state index >= 15 is 0 Å². The predicted molar refractivity (Wildman–Crippen MR) is 117 cm³/mol. The molecule has 0 aliphatic carbocycles. The maximum Gasteiger partial charge on any atom is 0.446 e. The van der Waals surface area contributed by atoms with E-state index in [0.29, 0.717) is 5.02 Å². The summed E-state index contributed by atoms with van der Waals surface area (Å²) in [6.45, 7) is 0.129. The topological polar surface area (TPSA) is 60.1 Å². The highest BCUT2D eigenvalue weighted by atomic mass is 35.5. The normalized spacial score (nSPS) is 11.6. The number of pyridine rings is 1. The van der Waals surface area contributed by atoms with Crippen LogP contribution in [-0.4, -0.2) is 24.7 Å². The molecule has 4 rings (SSSR count). The first-order valence-corrected chi connectivity index (χ1v) is 10.5. The highest BCUT2D eigenvalue weighted by molar-refractivity contribution is 8.00. The van der Waals surface area contributed by atoms with Crippen LogP contribution in [0.1, 0.15) is 5.56 Å².